The summed E-state index contributed by atoms with van der Waals surface area (Å²) >= 11 is 0. The maximum absolute atomic E-state index is 11.7. The number of nitrogens with zero attached hydrogens (tertiary/aromatic N) is 3. The number of amides is 1. The number of aliphatic hydroxyl groups excluding tert-OH is 1. The van der Waals surface area contributed by atoms with E-state index in [-0.39, 0.29) is 11.8 Å². The molecule has 1 aromatic carbocycles. The van der Waals surface area contributed by atoms with Gasteiger partial charge < -0.3 is 14.7 Å². The molecule has 6 heteroatoms. The highest BCUT2D eigenvalue weighted by atomic mass is 16.5. The van der Waals surface area contributed by atoms with Crippen LogP contribution in [0.5, 0.6) is 5.75 Å². The first-order chi connectivity index (χ1) is 11.7. The maximum atomic E-state index is 11.7. The van der Waals surface area contributed by atoms with E-state index in [1.165, 1.54) is 0 Å². The van der Waals surface area contributed by atoms with Gasteiger partial charge >= 0.3 is 0 Å². The zero-order valence-corrected chi connectivity index (χ0v) is 13.7. The summed E-state index contributed by atoms with van der Waals surface area (Å²) in [6.07, 6.45) is 5.37. The minimum absolute atomic E-state index is 0.146. The van der Waals surface area contributed by atoms with Crippen molar-refractivity contribution in [2.24, 2.45) is 0 Å². The van der Waals surface area contributed by atoms with E-state index in [0.717, 1.165) is 35.5 Å². The van der Waals surface area contributed by atoms with E-state index in [0.29, 0.717) is 13.1 Å². The van der Waals surface area contributed by atoms with Gasteiger partial charge in [0.2, 0.25) is 5.91 Å². The standard InChI is InChI=1S/C18H21N3O3/c1-24-15-6-2-4-13(8-15)16-9-19-10-17(20-16)14-5-3-7-21(11-14)18(23)12-22/h2,4,6,8-10,14,22H,3,5,7,11-12H2,1H3. The molecular weight excluding hydrogens is 306 g/mol. The Kier molecular flexibility index (Phi) is 5.05. The molecule has 1 atom stereocenters. The van der Waals surface area contributed by atoms with Crippen molar-refractivity contribution in [3.8, 4) is 17.0 Å². The highest BCUT2D eigenvalue weighted by Crippen LogP contribution is 2.28. The van der Waals surface area contributed by atoms with Crippen molar-refractivity contribution in [1.29, 1.82) is 0 Å². The van der Waals surface area contributed by atoms with Crippen LogP contribution in [0, 0.1) is 0 Å². The number of aromatic nitrogens is 2. The smallest absolute Gasteiger partial charge is 0.248 e. The fraction of sp³-hybridized carbons (Fsp3) is 0.389. The summed E-state index contributed by atoms with van der Waals surface area (Å²) in [5.41, 5.74) is 2.62. The zero-order chi connectivity index (χ0) is 16.9. The Balaban J connectivity index is 1.83. The van der Waals surface area contributed by atoms with Gasteiger partial charge in [-0.05, 0) is 25.0 Å². The molecule has 1 aliphatic rings. The summed E-state index contributed by atoms with van der Waals surface area (Å²) in [5, 5.41) is 9.05. The number of hydrogen-bond acceptors (Lipinski definition) is 5. The monoisotopic (exact) mass is 327 g/mol. The lowest BCUT2D eigenvalue weighted by Gasteiger charge is -2.32. The number of piperidine rings is 1. The largest absolute Gasteiger partial charge is 0.497 e. The third-order valence-corrected chi connectivity index (χ3v) is 4.35. The molecule has 1 aromatic heterocycles. The molecule has 1 fully saturated rings. The molecule has 0 aliphatic carbocycles. The molecular formula is C18H21N3O3. The Morgan fingerprint density at radius 1 is 1.42 bits per heavy atom. The van der Waals surface area contributed by atoms with Gasteiger partial charge in [0.05, 0.1) is 24.7 Å². The molecule has 0 radical (unpaired) electrons. The van der Waals surface area contributed by atoms with Crippen LogP contribution in [0.4, 0.5) is 0 Å². The average Bonchev–Trinajstić information content (AvgIpc) is 2.67. The van der Waals surface area contributed by atoms with Crippen LogP contribution in [0.1, 0.15) is 24.5 Å². The summed E-state index contributed by atoms with van der Waals surface area (Å²) in [4.78, 5) is 22.5. The van der Waals surface area contributed by atoms with Crippen LogP contribution in [0.3, 0.4) is 0 Å². The summed E-state index contributed by atoms with van der Waals surface area (Å²) in [6.45, 7) is 0.830. The number of rotatable bonds is 4. The van der Waals surface area contributed by atoms with Gasteiger partial charge in [-0.1, -0.05) is 12.1 Å². The maximum Gasteiger partial charge on any atom is 0.248 e. The van der Waals surface area contributed by atoms with Crippen molar-refractivity contribution in [1.82, 2.24) is 14.9 Å². The minimum atomic E-state index is -0.442. The second kappa shape index (κ2) is 7.40. The number of benzene rings is 1. The third-order valence-electron chi connectivity index (χ3n) is 4.35. The van der Waals surface area contributed by atoms with Gasteiger partial charge in [-0.3, -0.25) is 9.78 Å². The van der Waals surface area contributed by atoms with E-state index >= 15 is 0 Å². The fourth-order valence-electron chi connectivity index (χ4n) is 3.04. The van der Waals surface area contributed by atoms with E-state index in [2.05, 4.69) is 4.98 Å². The van der Waals surface area contributed by atoms with Gasteiger partial charge in [0.15, 0.2) is 0 Å². The Morgan fingerprint density at radius 2 is 2.29 bits per heavy atom. The van der Waals surface area contributed by atoms with Gasteiger partial charge in [-0.25, -0.2) is 4.98 Å². The number of ether oxygens (including phenoxy) is 1. The van der Waals surface area contributed by atoms with Crippen molar-refractivity contribution in [2.75, 3.05) is 26.8 Å². The molecule has 0 bridgehead atoms. The van der Waals surface area contributed by atoms with E-state index in [4.69, 9.17) is 14.8 Å². The van der Waals surface area contributed by atoms with Gasteiger partial charge in [-0.15, -0.1) is 0 Å². The van der Waals surface area contributed by atoms with Crippen LogP contribution in [-0.4, -0.2) is 52.7 Å². The van der Waals surface area contributed by atoms with E-state index in [9.17, 15) is 4.79 Å². The summed E-state index contributed by atoms with van der Waals surface area (Å²) in [6, 6.07) is 7.71. The second-order valence-electron chi connectivity index (χ2n) is 5.90. The van der Waals surface area contributed by atoms with Crippen LogP contribution in [0.15, 0.2) is 36.7 Å². The molecule has 1 N–H and O–H groups in total. The first-order valence-corrected chi connectivity index (χ1v) is 8.06. The van der Waals surface area contributed by atoms with E-state index in [1.807, 2.05) is 24.3 Å². The molecule has 1 amide bonds. The molecule has 1 saturated heterocycles. The molecule has 0 spiro atoms. The Morgan fingerprint density at radius 3 is 3.08 bits per heavy atom. The van der Waals surface area contributed by atoms with Gasteiger partial charge in [0.25, 0.3) is 0 Å². The van der Waals surface area contributed by atoms with Crippen molar-refractivity contribution < 1.29 is 14.6 Å². The van der Waals surface area contributed by atoms with E-state index in [1.54, 1.807) is 24.4 Å². The molecule has 2 aromatic rings. The minimum Gasteiger partial charge on any atom is -0.497 e. The first-order valence-electron chi connectivity index (χ1n) is 8.06. The zero-order valence-electron chi connectivity index (χ0n) is 13.7. The second-order valence-corrected chi connectivity index (χ2v) is 5.90. The molecule has 6 nitrogen and oxygen atoms in total. The van der Waals surface area contributed by atoms with Crippen LogP contribution in [0.25, 0.3) is 11.3 Å². The number of hydrogen-bond donors (Lipinski definition) is 1. The quantitative estimate of drug-likeness (QED) is 0.927. The van der Waals surface area contributed by atoms with Crippen LogP contribution >= 0.6 is 0 Å². The average molecular weight is 327 g/mol. The lowest BCUT2D eigenvalue weighted by molar-refractivity contribution is -0.135. The van der Waals surface area contributed by atoms with E-state index < -0.39 is 6.61 Å². The van der Waals surface area contributed by atoms with Crippen molar-refractivity contribution >= 4 is 5.91 Å². The fourth-order valence-corrected chi connectivity index (χ4v) is 3.04. The summed E-state index contributed by atoms with van der Waals surface area (Å²) in [5.74, 6) is 0.695. The SMILES string of the molecule is COc1cccc(-c2cncc(C3CCCN(C(=O)CO)C3)n2)c1. The molecule has 1 unspecified atom stereocenters. The summed E-state index contributed by atoms with van der Waals surface area (Å²) < 4.78 is 5.26. The number of likely N-dealkylation sites (tertiary alicyclic amines) is 1. The first kappa shape index (κ1) is 16.4. The van der Waals surface area contributed by atoms with Gasteiger partial charge in [0.1, 0.15) is 12.4 Å². The highest BCUT2D eigenvalue weighted by molar-refractivity contribution is 5.77. The Bertz CT molecular complexity index is 720. The Hall–Kier alpha value is -2.47. The lowest BCUT2D eigenvalue weighted by atomic mass is 9.94. The van der Waals surface area contributed by atoms with Crippen molar-refractivity contribution in [3.05, 3.63) is 42.4 Å². The van der Waals surface area contributed by atoms with Crippen molar-refractivity contribution in [2.45, 2.75) is 18.8 Å². The molecule has 0 saturated carbocycles. The van der Waals surface area contributed by atoms with Gasteiger partial charge in [0, 0.05) is 30.8 Å². The number of aliphatic hydroxyl groups is 1. The topological polar surface area (TPSA) is 75.5 Å². The predicted molar refractivity (Wildman–Crippen MR) is 89.7 cm³/mol. The number of carbonyl (C=O) groups is 1. The summed E-state index contributed by atoms with van der Waals surface area (Å²) in [7, 11) is 1.63. The highest BCUT2D eigenvalue weighted by Gasteiger charge is 2.25. The van der Waals surface area contributed by atoms with Crippen LogP contribution in [0.2, 0.25) is 0 Å². The molecule has 3 rings (SSSR count). The molecule has 1 aliphatic heterocycles. The molecule has 2 heterocycles. The van der Waals surface area contributed by atoms with Gasteiger partial charge in [-0.2, -0.15) is 0 Å². The van der Waals surface area contributed by atoms with Crippen molar-refractivity contribution in [3.63, 3.8) is 0 Å². The molecule has 126 valence electrons. The lowest BCUT2D eigenvalue weighted by Crippen LogP contribution is -2.40. The third kappa shape index (κ3) is 3.54. The molecule has 24 heavy (non-hydrogen) atoms. The van der Waals surface area contributed by atoms with Crippen LogP contribution in [-0.2, 0) is 4.79 Å². The normalized spacial score (nSPS) is 17.6. The Labute approximate surface area is 141 Å². The number of carbonyl (C=O) groups excluding carboxylic acids is 1. The number of methoxy groups -OCH3 is 1. The van der Waals surface area contributed by atoms with Crippen LogP contribution < -0.4 is 4.74 Å². The predicted octanol–water partition coefficient (Wildman–Crippen LogP) is 1.85.